The van der Waals surface area contributed by atoms with E-state index in [4.69, 9.17) is 4.74 Å². The Morgan fingerprint density at radius 1 is 1.09 bits per heavy atom. The predicted molar refractivity (Wildman–Crippen MR) is 127 cm³/mol. The Bertz CT molecular complexity index is 1110. The molecule has 1 aliphatic heterocycles. The van der Waals surface area contributed by atoms with Crippen molar-refractivity contribution in [2.45, 2.75) is 24.8 Å². The maximum atomic E-state index is 13.3. The first-order chi connectivity index (χ1) is 16.2. The largest absolute Gasteiger partial charge is 0.490 e. The van der Waals surface area contributed by atoms with Crippen LogP contribution in [0.4, 0.5) is 5.69 Å². The monoisotopic (exact) mass is 490 g/mol. The molecule has 1 fully saturated rings. The third-order valence-corrected chi connectivity index (χ3v) is 7.94. The van der Waals surface area contributed by atoms with Crippen molar-refractivity contribution in [3.05, 3.63) is 64.2 Å². The van der Waals surface area contributed by atoms with E-state index in [-0.39, 0.29) is 29.6 Å². The van der Waals surface area contributed by atoms with Crippen LogP contribution < -0.4 is 4.74 Å². The van der Waals surface area contributed by atoms with Crippen molar-refractivity contribution in [1.82, 2.24) is 14.1 Å². The van der Waals surface area contributed by atoms with Crippen LogP contribution in [0.2, 0.25) is 0 Å². The first-order valence-corrected chi connectivity index (χ1v) is 12.6. The highest BCUT2D eigenvalue weighted by atomic mass is 32.2. The zero-order chi connectivity index (χ0) is 24.9. The lowest BCUT2D eigenvalue weighted by Crippen LogP contribution is -2.52. The van der Waals surface area contributed by atoms with Gasteiger partial charge in [-0.3, -0.25) is 19.8 Å². The predicted octanol–water partition coefficient (Wildman–Crippen LogP) is 2.52. The first-order valence-electron chi connectivity index (χ1n) is 11.1. The third kappa shape index (κ3) is 5.21. The Morgan fingerprint density at radius 2 is 1.71 bits per heavy atom. The third-order valence-electron chi connectivity index (χ3n) is 6.05. The topological polar surface area (TPSA) is 113 Å². The molecule has 2 aromatic rings. The second-order valence-electron chi connectivity index (χ2n) is 7.85. The van der Waals surface area contributed by atoms with Crippen LogP contribution in [0.5, 0.6) is 5.75 Å². The van der Waals surface area contributed by atoms with Crippen LogP contribution in [0.25, 0.3) is 0 Å². The van der Waals surface area contributed by atoms with Gasteiger partial charge in [-0.05, 0) is 31.5 Å². The van der Waals surface area contributed by atoms with E-state index in [0.717, 1.165) is 11.6 Å². The SMILES string of the molecule is CCN(CC)C(=O)C(c1ccccc1)N1CCN(S(=O)(=O)c2ccc(OC)c([N+](=O)[O-])c2)CC1. The quantitative estimate of drug-likeness (QED) is 0.392. The lowest BCUT2D eigenvalue weighted by molar-refractivity contribution is -0.386. The summed E-state index contributed by atoms with van der Waals surface area (Å²) >= 11 is 0. The Kier molecular flexibility index (Phi) is 8.24. The number of sulfonamides is 1. The van der Waals surface area contributed by atoms with Gasteiger partial charge < -0.3 is 9.64 Å². The number of likely N-dealkylation sites (N-methyl/N-ethyl adjacent to an activating group) is 1. The minimum absolute atomic E-state index is 0.00520. The van der Waals surface area contributed by atoms with Gasteiger partial charge in [0.2, 0.25) is 15.9 Å². The van der Waals surface area contributed by atoms with Gasteiger partial charge in [-0.15, -0.1) is 0 Å². The molecule has 34 heavy (non-hydrogen) atoms. The molecule has 1 unspecified atom stereocenters. The highest BCUT2D eigenvalue weighted by Gasteiger charge is 2.36. The van der Waals surface area contributed by atoms with E-state index in [0.29, 0.717) is 26.2 Å². The average molecular weight is 491 g/mol. The standard InChI is InChI=1S/C23H30N4O6S/c1-4-24(5-2)23(28)22(18-9-7-6-8-10-18)25-13-15-26(16-14-25)34(31,32)19-11-12-21(33-3)20(17-19)27(29)30/h6-12,17,22H,4-5,13-16H2,1-3H3. The fraction of sp³-hybridized carbons (Fsp3) is 0.435. The number of nitro benzene ring substituents is 1. The molecule has 0 N–H and O–H groups in total. The van der Waals surface area contributed by atoms with Crippen molar-refractivity contribution in [1.29, 1.82) is 0 Å². The smallest absolute Gasteiger partial charge is 0.312 e. The van der Waals surface area contributed by atoms with Crippen LogP contribution in [-0.4, -0.2) is 79.7 Å². The normalized spacial score (nSPS) is 16.1. The summed E-state index contributed by atoms with van der Waals surface area (Å²) in [5, 5.41) is 11.3. The summed E-state index contributed by atoms with van der Waals surface area (Å²) in [7, 11) is -2.66. The molecule has 184 valence electrons. The molecule has 0 saturated carbocycles. The van der Waals surface area contributed by atoms with Crippen LogP contribution in [0, 0.1) is 10.1 Å². The number of nitrogens with zero attached hydrogens (tertiary/aromatic N) is 4. The Labute approximate surface area is 199 Å². The summed E-state index contributed by atoms with van der Waals surface area (Å²) in [5.74, 6) is -0.0207. The van der Waals surface area contributed by atoms with E-state index < -0.39 is 26.7 Å². The molecule has 1 aliphatic rings. The van der Waals surface area contributed by atoms with Crippen LogP contribution in [0.3, 0.4) is 0 Å². The Balaban J connectivity index is 1.83. The van der Waals surface area contributed by atoms with Gasteiger partial charge in [0.1, 0.15) is 6.04 Å². The number of hydrogen-bond acceptors (Lipinski definition) is 7. The molecular formula is C23H30N4O6S. The molecule has 1 amide bonds. The van der Waals surface area contributed by atoms with Gasteiger partial charge in [-0.2, -0.15) is 4.31 Å². The molecule has 0 bridgehead atoms. The molecule has 1 saturated heterocycles. The number of methoxy groups -OCH3 is 1. The summed E-state index contributed by atoms with van der Waals surface area (Å²) in [6.07, 6.45) is 0. The highest BCUT2D eigenvalue weighted by Crippen LogP contribution is 2.31. The number of nitro groups is 1. The number of ether oxygens (including phenoxy) is 1. The van der Waals surface area contributed by atoms with E-state index in [1.165, 1.54) is 23.5 Å². The van der Waals surface area contributed by atoms with Gasteiger partial charge in [0, 0.05) is 45.3 Å². The molecule has 0 radical (unpaired) electrons. The number of carbonyl (C=O) groups excluding carboxylic acids is 1. The Hall–Kier alpha value is -3.02. The average Bonchev–Trinajstić information content (AvgIpc) is 2.85. The molecule has 0 aromatic heterocycles. The number of benzene rings is 2. The van der Waals surface area contributed by atoms with Crippen molar-refractivity contribution in [2.24, 2.45) is 0 Å². The van der Waals surface area contributed by atoms with Crippen LogP contribution in [0.15, 0.2) is 53.4 Å². The molecule has 3 rings (SSSR count). The van der Waals surface area contributed by atoms with Crippen LogP contribution in [-0.2, 0) is 14.8 Å². The number of rotatable bonds is 9. The van der Waals surface area contributed by atoms with Crippen molar-refractivity contribution in [3.8, 4) is 5.75 Å². The second kappa shape index (κ2) is 10.9. The van der Waals surface area contributed by atoms with E-state index in [1.807, 2.05) is 49.1 Å². The zero-order valence-electron chi connectivity index (χ0n) is 19.6. The molecular weight excluding hydrogens is 460 g/mol. The zero-order valence-corrected chi connectivity index (χ0v) is 20.4. The lowest BCUT2D eigenvalue weighted by atomic mass is 10.0. The lowest BCUT2D eigenvalue weighted by Gasteiger charge is -2.39. The van der Waals surface area contributed by atoms with E-state index in [9.17, 15) is 23.3 Å². The van der Waals surface area contributed by atoms with Crippen molar-refractivity contribution >= 4 is 21.6 Å². The van der Waals surface area contributed by atoms with E-state index in [1.54, 1.807) is 4.90 Å². The van der Waals surface area contributed by atoms with Gasteiger partial charge in [-0.1, -0.05) is 30.3 Å². The highest BCUT2D eigenvalue weighted by molar-refractivity contribution is 7.89. The van der Waals surface area contributed by atoms with Crippen molar-refractivity contribution < 1.29 is 22.9 Å². The summed E-state index contributed by atoms with van der Waals surface area (Å²) < 4.78 is 32.7. The van der Waals surface area contributed by atoms with Crippen LogP contribution >= 0.6 is 0 Å². The molecule has 11 heteroatoms. The molecule has 1 atom stereocenters. The van der Waals surface area contributed by atoms with Gasteiger partial charge in [-0.25, -0.2) is 8.42 Å². The summed E-state index contributed by atoms with van der Waals surface area (Å²) in [6.45, 7) is 6.07. The molecule has 10 nitrogen and oxygen atoms in total. The maximum absolute atomic E-state index is 13.3. The summed E-state index contributed by atoms with van der Waals surface area (Å²) in [6, 6.07) is 12.6. The minimum Gasteiger partial charge on any atom is -0.490 e. The number of hydrogen-bond donors (Lipinski definition) is 0. The Morgan fingerprint density at radius 3 is 2.24 bits per heavy atom. The minimum atomic E-state index is -3.95. The molecule has 0 aliphatic carbocycles. The summed E-state index contributed by atoms with van der Waals surface area (Å²) in [5.41, 5.74) is 0.456. The number of carbonyl (C=O) groups is 1. The van der Waals surface area contributed by atoms with Gasteiger partial charge in [0.05, 0.1) is 16.9 Å². The fourth-order valence-corrected chi connectivity index (χ4v) is 5.62. The van der Waals surface area contributed by atoms with Crippen molar-refractivity contribution in [3.63, 3.8) is 0 Å². The van der Waals surface area contributed by atoms with Gasteiger partial charge in [0.15, 0.2) is 5.75 Å². The maximum Gasteiger partial charge on any atom is 0.312 e. The summed E-state index contributed by atoms with van der Waals surface area (Å²) in [4.78, 5) is 27.6. The fourth-order valence-electron chi connectivity index (χ4n) is 4.18. The molecule has 0 spiro atoms. The molecule has 2 aromatic carbocycles. The van der Waals surface area contributed by atoms with Crippen LogP contribution in [0.1, 0.15) is 25.5 Å². The number of piperazine rings is 1. The van der Waals surface area contributed by atoms with Gasteiger partial charge in [0.25, 0.3) is 0 Å². The number of amides is 1. The van der Waals surface area contributed by atoms with E-state index >= 15 is 0 Å². The van der Waals surface area contributed by atoms with Crippen molar-refractivity contribution in [2.75, 3.05) is 46.4 Å². The first kappa shape index (κ1) is 25.6. The van der Waals surface area contributed by atoms with Gasteiger partial charge >= 0.3 is 5.69 Å². The molecule has 1 heterocycles. The second-order valence-corrected chi connectivity index (χ2v) is 9.79. The van der Waals surface area contributed by atoms with E-state index in [2.05, 4.69) is 0 Å².